The summed E-state index contributed by atoms with van der Waals surface area (Å²) in [4.78, 5) is 39.9. The Balaban J connectivity index is 1.48. The number of ether oxygens (including phenoxy) is 3. The minimum Gasteiger partial charge on any atom is -0.472 e. The van der Waals surface area contributed by atoms with Crippen molar-refractivity contribution in [1.29, 1.82) is 0 Å². The van der Waals surface area contributed by atoms with Crippen LogP contribution in [0, 0.1) is 34.0 Å². The highest BCUT2D eigenvalue weighted by Gasteiger charge is 2.95. The van der Waals surface area contributed by atoms with Crippen LogP contribution in [0.2, 0.25) is 0 Å². The number of carbonyl (C=O) groups is 3. The summed E-state index contributed by atoms with van der Waals surface area (Å²) in [6.45, 7) is 5.68. The molecule has 1 aromatic rings. The van der Waals surface area contributed by atoms with Crippen LogP contribution in [0.5, 0.6) is 0 Å². The van der Waals surface area contributed by atoms with Crippen molar-refractivity contribution in [2.24, 2.45) is 34.0 Å². The zero-order valence-electron chi connectivity index (χ0n) is 20.9. The second-order valence-corrected chi connectivity index (χ2v) is 12.8. The second-order valence-electron chi connectivity index (χ2n) is 12.8. The van der Waals surface area contributed by atoms with E-state index in [0.717, 1.165) is 0 Å². The van der Waals surface area contributed by atoms with Crippen LogP contribution >= 0.6 is 0 Å². The normalized spacial score (nSPS) is 55.9. The summed E-state index contributed by atoms with van der Waals surface area (Å²) in [6, 6.07) is 1.74. The van der Waals surface area contributed by atoms with Crippen LogP contribution < -0.4 is 0 Å². The van der Waals surface area contributed by atoms with E-state index in [4.69, 9.17) is 18.6 Å². The first-order valence-corrected chi connectivity index (χ1v) is 12.8. The second kappa shape index (κ2) is 6.25. The molecule has 3 heterocycles. The van der Waals surface area contributed by atoms with Gasteiger partial charge in [0.25, 0.3) is 0 Å². The third-order valence-corrected chi connectivity index (χ3v) is 11.9. The van der Waals surface area contributed by atoms with Crippen LogP contribution in [0.4, 0.5) is 0 Å². The van der Waals surface area contributed by atoms with Crippen LogP contribution in [-0.4, -0.2) is 58.0 Å². The Morgan fingerprint density at radius 1 is 1.22 bits per heavy atom. The number of furan rings is 1. The van der Waals surface area contributed by atoms with Gasteiger partial charge in [-0.25, -0.2) is 0 Å². The predicted octanol–water partition coefficient (Wildman–Crippen LogP) is 2.09. The molecule has 2 N–H and O–H groups in total. The van der Waals surface area contributed by atoms with Crippen molar-refractivity contribution >= 4 is 17.7 Å². The number of cyclic esters (lactones) is 1. The van der Waals surface area contributed by atoms with E-state index in [2.05, 4.69) is 0 Å². The molecule has 11 atom stereocenters. The zero-order chi connectivity index (χ0) is 25.7. The summed E-state index contributed by atoms with van der Waals surface area (Å²) >= 11 is 0. The molecule has 1 aromatic heterocycles. The fourth-order valence-electron chi connectivity index (χ4n) is 10.6. The molecule has 6 fully saturated rings. The van der Waals surface area contributed by atoms with Crippen LogP contribution in [0.3, 0.4) is 0 Å². The molecule has 0 unspecified atom stereocenters. The van der Waals surface area contributed by atoms with E-state index in [1.165, 1.54) is 19.6 Å². The summed E-state index contributed by atoms with van der Waals surface area (Å²) in [5.74, 6) is -3.12. The van der Waals surface area contributed by atoms with Crippen molar-refractivity contribution < 1.29 is 43.2 Å². The monoisotopic (exact) mass is 500 g/mol. The van der Waals surface area contributed by atoms with Gasteiger partial charge in [0, 0.05) is 28.2 Å². The topological polar surface area (TPSA) is 133 Å². The molecule has 0 amide bonds. The SMILES string of the molecule is COC(=O)C[C@@H]1[C@@]2(C)[C@H]3CC[C@@]4(C)[C@H](c5ccoc5)OC(=O)C[C@@]45O[C@H]4C(=O)[C@@]1(C)C[C@]2(O)[C@H]4[C@@]35O. The highest BCUT2D eigenvalue weighted by Crippen LogP contribution is 2.85. The number of hydrogen-bond acceptors (Lipinski definition) is 9. The lowest BCUT2D eigenvalue weighted by molar-refractivity contribution is -0.294. The minimum absolute atomic E-state index is 0.0342. The predicted molar refractivity (Wildman–Crippen MR) is 120 cm³/mol. The molecular formula is C27H32O9. The van der Waals surface area contributed by atoms with E-state index in [0.29, 0.717) is 18.4 Å². The van der Waals surface area contributed by atoms with Gasteiger partial charge in [0.15, 0.2) is 5.78 Å². The van der Waals surface area contributed by atoms with Gasteiger partial charge in [-0.3, -0.25) is 14.4 Å². The van der Waals surface area contributed by atoms with Gasteiger partial charge in [-0.2, -0.15) is 0 Å². The summed E-state index contributed by atoms with van der Waals surface area (Å²) < 4.78 is 22.9. The third-order valence-electron chi connectivity index (χ3n) is 11.9. The summed E-state index contributed by atoms with van der Waals surface area (Å²) in [5, 5.41) is 25.5. The lowest BCUT2D eigenvalue weighted by Crippen LogP contribution is -2.72. The van der Waals surface area contributed by atoms with Crippen molar-refractivity contribution in [1.82, 2.24) is 0 Å². The number of Topliss-reactive ketones (excluding diaryl/α,β-unsaturated/α-hetero) is 1. The average Bonchev–Trinajstić information content (AvgIpc) is 3.50. The molecule has 36 heavy (non-hydrogen) atoms. The first-order chi connectivity index (χ1) is 16.8. The smallest absolute Gasteiger partial charge is 0.309 e. The van der Waals surface area contributed by atoms with Gasteiger partial charge in [-0.05, 0) is 37.2 Å². The molecule has 9 nitrogen and oxygen atoms in total. The Hall–Kier alpha value is -2.23. The van der Waals surface area contributed by atoms with Gasteiger partial charge in [0.2, 0.25) is 0 Å². The molecule has 4 saturated carbocycles. The van der Waals surface area contributed by atoms with Crippen LogP contribution in [0.25, 0.3) is 0 Å². The molecule has 194 valence electrons. The maximum Gasteiger partial charge on any atom is 0.309 e. The first-order valence-electron chi connectivity index (χ1n) is 12.8. The molecule has 2 saturated heterocycles. The number of fused-ring (bicyclic) bond motifs is 2. The molecule has 9 heteroatoms. The van der Waals surface area contributed by atoms with E-state index < -0.39 is 74.9 Å². The molecule has 6 aliphatic rings. The Kier molecular flexibility index (Phi) is 3.98. The first kappa shape index (κ1) is 22.9. The lowest BCUT2D eigenvalue weighted by atomic mass is 9.45. The number of aliphatic hydroxyl groups is 2. The zero-order valence-corrected chi connectivity index (χ0v) is 20.9. The number of esters is 2. The molecule has 1 spiro atoms. The summed E-state index contributed by atoms with van der Waals surface area (Å²) in [7, 11) is 1.31. The van der Waals surface area contributed by atoms with Gasteiger partial charge in [-0.1, -0.05) is 20.8 Å². The maximum atomic E-state index is 14.2. The van der Waals surface area contributed by atoms with Crippen molar-refractivity contribution in [3.63, 3.8) is 0 Å². The molecular weight excluding hydrogens is 468 g/mol. The Morgan fingerprint density at radius 3 is 2.64 bits per heavy atom. The average molecular weight is 501 g/mol. The number of carbonyl (C=O) groups excluding carboxylic acids is 3. The van der Waals surface area contributed by atoms with Gasteiger partial charge >= 0.3 is 11.9 Å². The van der Waals surface area contributed by atoms with Gasteiger partial charge in [-0.15, -0.1) is 0 Å². The minimum atomic E-state index is -1.67. The molecule has 7 rings (SSSR count). The highest BCUT2D eigenvalue weighted by atomic mass is 16.6. The van der Waals surface area contributed by atoms with E-state index in [-0.39, 0.29) is 25.0 Å². The summed E-state index contributed by atoms with van der Waals surface area (Å²) in [6.07, 6.45) is 2.16. The Labute approximate surface area is 208 Å². The van der Waals surface area contributed by atoms with E-state index in [9.17, 15) is 24.6 Å². The highest BCUT2D eigenvalue weighted by molar-refractivity contribution is 5.94. The van der Waals surface area contributed by atoms with Gasteiger partial charge in [0.05, 0.1) is 37.6 Å². The van der Waals surface area contributed by atoms with E-state index in [1.54, 1.807) is 6.07 Å². The Bertz CT molecular complexity index is 1210. The van der Waals surface area contributed by atoms with Crippen molar-refractivity contribution in [3.8, 4) is 0 Å². The van der Waals surface area contributed by atoms with Gasteiger partial charge < -0.3 is 28.8 Å². The molecule has 2 bridgehead atoms. The quantitative estimate of drug-likeness (QED) is 0.599. The lowest BCUT2D eigenvalue weighted by Gasteiger charge is -2.63. The van der Waals surface area contributed by atoms with Crippen LogP contribution in [0.1, 0.15) is 64.5 Å². The molecule has 2 aliphatic heterocycles. The Morgan fingerprint density at radius 2 is 1.97 bits per heavy atom. The third kappa shape index (κ3) is 1.96. The maximum absolute atomic E-state index is 14.2. The van der Waals surface area contributed by atoms with Crippen LogP contribution in [-0.2, 0) is 28.6 Å². The fourth-order valence-corrected chi connectivity index (χ4v) is 10.6. The molecule has 4 aliphatic carbocycles. The molecule has 0 radical (unpaired) electrons. The molecule has 0 aromatic carbocycles. The van der Waals surface area contributed by atoms with Crippen molar-refractivity contribution in [2.75, 3.05) is 7.11 Å². The number of hydrogen-bond donors (Lipinski definition) is 2. The van der Waals surface area contributed by atoms with Gasteiger partial charge in [0.1, 0.15) is 23.4 Å². The number of rotatable bonds is 3. The van der Waals surface area contributed by atoms with Crippen LogP contribution in [0.15, 0.2) is 23.0 Å². The fraction of sp³-hybridized carbons (Fsp3) is 0.741. The number of ketones is 1. The van der Waals surface area contributed by atoms with Crippen molar-refractivity contribution in [3.05, 3.63) is 24.2 Å². The largest absolute Gasteiger partial charge is 0.472 e. The van der Waals surface area contributed by atoms with E-state index >= 15 is 0 Å². The number of methoxy groups -OCH3 is 1. The van der Waals surface area contributed by atoms with E-state index in [1.807, 2.05) is 20.8 Å². The standard InChI is InChI=1S/C27H32O9/c1-22-12-25(31)19-18(20(22)30)36-26-10-17(29)35-21(13-6-8-34-11-13)23(26,2)7-5-14(27(19,26)32)24(25,3)15(22)9-16(28)33-4/h6,8,11,14-15,18-19,21,31-32H,5,7,9-10,12H2,1-4H3/t14-,15+,18-,19+,21+,22+,23+,24-,25+,26-,27+/m1/s1. The summed E-state index contributed by atoms with van der Waals surface area (Å²) in [5.41, 5.74) is -6.74. The van der Waals surface area contributed by atoms with Crippen molar-refractivity contribution in [2.45, 2.75) is 81.9 Å².